The average molecular weight is 381 g/mol. The summed E-state index contributed by atoms with van der Waals surface area (Å²) in [6.45, 7) is 4.20. The summed E-state index contributed by atoms with van der Waals surface area (Å²) in [5.74, 6) is 0.408. The first-order valence-electron chi connectivity index (χ1n) is 8.16. The molecule has 2 rings (SSSR count). The molecule has 0 unspecified atom stereocenters. The van der Waals surface area contributed by atoms with Crippen molar-refractivity contribution < 1.29 is 26.5 Å². The minimum Gasteiger partial charge on any atom is -0.493 e. The van der Waals surface area contributed by atoms with Gasteiger partial charge >= 0.3 is 10.1 Å². The van der Waals surface area contributed by atoms with E-state index in [1.807, 2.05) is 13.8 Å². The molecule has 0 spiro atoms. The Labute approximate surface area is 153 Å². The summed E-state index contributed by atoms with van der Waals surface area (Å²) in [4.78, 5) is 14.4. The molecule has 7 nitrogen and oxygen atoms in total. The number of nitrogens with zero attached hydrogens (tertiary/aromatic N) is 1. The molecule has 0 N–H and O–H groups in total. The maximum atomic E-state index is 12.7. The standard InChI is InChI=1S/C18H23NO6S/c1-5-13(2)19(18(20)16-7-6-10-24-16)12-14-8-9-15(23-3)17(11-14)25-26(4,21)22/h6-11,13H,5,12H2,1-4H3/t13-/m0/s1. The van der Waals surface area contributed by atoms with Crippen LogP contribution in [0.15, 0.2) is 41.0 Å². The van der Waals surface area contributed by atoms with Gasteiger partial charge < -0.3 is 18.2 Å². The van der Waals surface area contributed by atoms with Crippen LogP contribution >= 0.6 is 0 Å². The second kappa shape index (κ2) is 8.27. The average Bonchev–Trinajstić information content (AvgIpc) is 3.12. The second-order valence-corrected chi connectivity index (χ2v) is 7.52. The highest BCUT2D eigenvalue weighted by Crippen LogP contribution is 2.30. The smallest absolute Gasteiger partial charge is 0.306 e. The summed E-state index contributed by atoms with van der Waals surface area (Å²) in [6, 6.07) is 8.18. The highest BCUT2D eigenvalue weighted by atomic mass is 32.2. The molecule has 1 aromatic carbocycles. The van der Waals surface area contributed by atoms with Crippen molar-refractivity contribution in [3.8, 4) is 11.5 Å². The van der Waals surface area contributed by atoms with E-state index in [9.17, 15) is 13.2 Å². The van der Waals surface area contributed by atoms with Crippen LogP contribution in [0.1, 0.15) is 36.4 Å². The Kier molecular flexibility index (Phi) is 6.31. The topological polar surface area (TPSA) is 86.0 Å². The third-order valence-electron chi connectivity index (χ3n) is 3.94. The summed E-state index contributed by atoms with van der Waals surface area (Å²) in [5, 5.41) is 0. The Bertz CT molecular complexity index is 845. The van der Waals surface area contributed by atoms with E-state index in [0.717, 1.165) is 12.7 Å². The van der Waals surface area contributed by atoms with Crippen LogP contribution < -0.4 is 8.92 Å². The van der Waals surface area contributed by atoms with Crippen molar-refractivity contribution in [1.82, 2.24) is 4.90 Å². The zero-order valence-electron chi connectivity index (χ0n) is 15.3. The van der Waals surface area contributed by atoms with Crippen LogP contribution in [0.25, 0.3) is 0 Å². The SMILES string of the molecule is CC[C@H](C)N(Cc1ccc(OC)c(OS(C)(=O)=O)c1)C(=O)c1ccco1. The van der Waals surface area contributed by atoms with Crippen LogP contribution in [0.4, 0.5) is 0 Å². The van der Waals surface area contributed by atoms with Crippen molar-refractivity contribution in [3.05, 3.63) is 47.9 Å². The lowest BCUT2D eigenvalue weighted by Gasteiger charge is -2.28. The fourth-order valence-corrected chi connectivity index (χ4v) is 2.89. The number of amides is 1. The largest absolute Gasteiger partial charge is 0.493 e. The van der Waals surface area contributed by atoms with Crippen LogP contribution in [0.3, 0.4) is 0 Å². The molecule has 0 bridgehead atoms. The third-order valence-corrected chi connectivity index (χ3v) is 4.42. The van der Waals surface area contributed by atoms with E-state index >= 15 is 0 Å². The number of carbonyl (C=O) groups is 1. The number of hydrogen-bond donors (Lipinski definition) is 0. The number of hydrogen-bond acceptors (Lipinski definition) is 6. The Hall–Kier alpha value is -2.48. The van der Waals surface area contributed by atoms with Gasteiger partial charge in [-0.25, -0.2) is 0 Å². The fourth-order valence-electron chi connectivity index (χ4n) is 2.43. The molecule has 1 atom stereocenters. The third kappa shape index (κ3) is 5.01. The summed E-state index contributed by atoms with van der Waals surface area (Å²) in [6.07, 6.45) is 3.17. The minimum atomic E-state index is -3.70. The molecule has 0 saturated heterocycles. The molecule has 26 heavy (non-hydrogen) atoms. The highest BCUT2D eigenvalue weighted by Gasteiger charge is 2.23. The summed E-state index contributed by atoms with van der Waals surface area (Å²) in [7, 11) is -2.28. The number of carbonyl (C=O) groups excluding carboxylic acids is 1. The number of methoxy groups -OCH3 is 1. The lowest BCUT2D eigenvalue weighted by atomic mass is 10.1. The van der Waals surface area contributed by atoms with Crippen molar-refractivity contribution in [2.75, 3.05) is 13.4 Å². The van der Waals surface area contributed by atoms with E-state index in [1.54, 1.807) is 35.2 Å². The fraction of sp³-hybridized carbons (Fsp3) is 0.389. The first kappa shape index (κ1) is 19.8. The number of rotatable bonds is 8. The molecule has 0 aliphatic rings. The van der Waals surface area contributed by atoms with Crippen LogP contribution in [0.2, 0.25) is 0 Å². The zero-order chi connectivity index (χ0) is 19.3. The van der Waals surface area contributed by atoms with Gasteiger partial charge in [0.1, 0.15) is 0 Å². The first-order chi connectivity index (χ1) is 12.2. The zero-order valence-corrected chi connectivity index (χ0v) is 16.1. The monoisotopic (exact) mass is 381 g/mol. The van der Waals surface area contributed by atoms with E-state index in [2.05, 4.69) is 0 Å². The summed E-state index contributed by atoms with van der Waals surface area (Å²) < 4.78 is 38.3. The van der Waals surface area contributed by atoms with Gasteiger partial charge in [0.15, 0.2) is 17.3 Å². The van der Waals surface area contributed by atoms with E-state index in [0.29, 0.717) is 11.3 Å². The maximum absolute atomic E-state index is 12.7. The van der Waals surface area contributed by atoms with Gasteiger partial charge in [0, 0.05) is 12.6 Å². The minimum absolute atomic E-state index is 0.0334. The van der Waals surface area contributed by atoms with Crippen molar-refractivity contribution in [1.29, 1.82) is 0 Å². The van der Waals surface area contributed by atoms with Gasteiger partial charge in [-0.2, -0.15) is 8.42 Å². The Morgan fingerprint density at radius 3 is 2.54 bits per heavy atom. The lowest BCUT2D eigenvalue weighted by molar-refractivity contribution is 0.0638. The van der Waals surface area contributed by atoms with Gasteiger partial charge in [-0.05, 0) is 43.2 Å². The quantitative estimate of drug-likeness (QED) is 0.653. The van der Waals surface area contributed by atoms with Gasteiger partial charge in [0.05, 0.1) is 19.6 Å². The molecule has 0 saturated carbocycles. The molecule has 142 valence electrons. The predicted molar refractivity (Wildman–Crippen MR) is 96.8 cm³/mol. The van der Waals surface area contributed by atoms with Crippen molar-refractivity contribution in [2.45, 2.75) is 32.9 Å². The van der Waals surface area contributed by atoms with Crippen LogP contribution in [0.5, 0.6) is 11.5 Å². The number of ether oxygens (including phenoxy) is 1. The summed E-state index contributed by atoms with van der Waals surface area (Å²) in [5.41, 5.74) is 0.713. The number of benzene rings is 1. The van der Waals surface area contributed by atoms with Gasteiger partial charge in [0.2, 0.25) is 0 Å². The van der Waals surface area contributed by atoms with Crippen molar-refractivity contribution >= 4 is 16.0 Å². The number of furan rings is 1. The van der Waals surface area contributed by atoms with Crippen LogP contribution in [-0.2, 0) is 16.7 Å². The lowest BCUT2D eigenvalue weighted by Crippen LogP contribution is -2.37. The molecular weight excluding hydrogens is 358 g/mol. The van der Waals surface area contributed by atoms with E-state index in [-0.39, 0.29) is 30.0 Å². The van der Waals surface area contributed by atoms with Crippen molar-refractivity contribution in [2.24, 2.45) is 0 Å². The van der Waals surface area contributed by atoms with Gasteiger partial charge in [-0.15, -0.1) is 0 Å². The Morgan fingerprint density at radius 2 is 2.00 bits per heavy atom. The molecule has 0 radical (unpaired) electrons. The second-order valence-electron chi connectivity index (χ2n) is 5.94. The molecule has 1 aromatic heterocycles. The summed E-state index contributed by atoms with van der Waals surface area (Å²) >= 11 is 0. The molecule has 0 aliphatic carbocycles. The molecule has 2 aromatic rings. The molecule has 8 heteroatoms. The first-order valence-corrected chi connectivity index (χ1v) is 9.97. The molecule has 1 amide bonds. The van der Waals surface area contributed by atoms with Gasteiger partial charge in [0.25, 0.3) is 5.91 Å². The van der Waals surface area contributed by atoms with Crippen molar-refractivity contribution in [3.63, 3.8) is 0 Å². The Balaban J connectivity index is 2.33. The van der Waals surface area contributed by atoms with Gasteiger partial charge in [-0.1, -0.05) is 13.0 Å². The highest BCUT2D eigenvalue weighted by molar-refractivity contribution is 7.86. The molecule has 0 fully saturated rings. The predicted octanol–water partition coefficient (Wildman–Crippen LogP) is 3.07. The molecular formula is C18H23NO6S. The van der Waals surface area contributed by atoms with Crippen LogP contribution in [0, 0.1) is 0 Å². The van der Waals surface area contributed by atoms with E-state index in [1.165, 1.54) is 13.4 Å². The van der Waals surface area contributed by atoms with E-state index in [4.69, 9.17) is 13.3 Å². The van der Waals surface area contributed by atoms with E-state index < -0.39 is 10.1 Å². The normalized spacial score (nSPS) is 12.5. The molecule has 0 aliphatic heterocycles. The van der Waals surface area contributed by atoms with Crippen LogP contribution in [-0.4, -0.2) is 38.6 Å². The Morgan fingerprint density at radius 1 is 1.27 bits per heavy atom. The maximum Gasteiger partial charge on any atom is 0.306 e. The van der Waals surface area contributed by atoms with Gasteiger partial charge in [-0.3, -0.25) is 4.79 Å². The molecule has 1 heterocycles.